The zero-order valence-electron chi connectivity index (χ0n) is 27.4. The van der Waals surface area contributed by atoms with Gasteiger partial charge in [-0.2, -0.15) is 13.2 Å². The molecule has 0 atom stereocenters. The predicted molar refractivity (Wildman–Crippen MR) is 172 cm³/mol. The number of alkyl halides is 3. The van der Waals surface area contributed by atoms with Gasteiger partial charge in [-0.05, 0) is 90.2 Å². The first kappa shape index (κ1) is 31.6. The molecular weight excluding hydrogens is 605 g/mol. The van der Waals surface area contributed by atoms with Crippen molar-refractivity contribution in [3.63, 3.8) is 0 Å². The Morgan fingerprint density at radius 1 is 1.13 bits per heavy atom. The molecule has 47 heavy (non-hydrogen) atoms. The number of hydrogen-bond donors (Lipinski definition) is 0. The van der Waals surface area contributed by atoms with E-state index in [1.165, 1.54) is 17.0 Å². The van der Waals surface area contributed by atoms with E-state index in [1.807, 2.05) is 23.7 Å². The van der Waals surface area contributed by atoms with Gasteiger partial charge in [0.05, 0.1) is 17.5 Å². The van der Waals surface area contributed by atoms with Crippen molar-refractivity contribution in [2.24, 2.45) is 18.4 Å². The highest BCUT2D eigenvalue weighted by Gasteiger charge is 2.50. The van der Waals surface area contributed by atoms with E-state index in [2.05, 4.69) is 48.5 Å². The van der Waals surface area contributed by atoms with E-state index in [4.69, 9.17) is 0 Å². The molecule has 1 saturated carbocycles. The Morgan fingerprint density at radius 3 is 2.49 bits per heavy atom. The minimum Gasteiger partial charge on any atom is -0.338 e. The maximum absolute atomic E-state index is 14.6. The Morgan fingerprint density at radius 2 is 1.87 bits per heavy atom. The number of amides is 2. The van der Waals surface area contributed by atoms with Gasteiger partial charge in [0.1, 0.15) is 12.2 Å². The molecule has 1 aliphatic carbocycles. The fourth-order valence-electron chi connectivity index (χ4n) is 8.54. The molecule has 1 aromatic heterocycles. The van der Waals surface area contributed by atoms with Crippen LogP contribution in [0.25, 0.3) is 0 Å². The molecule has 3 aromatic rings. The van der Waals surface area contributed by atoms with Crippen molar-refractivity contribution in [1.29, 1.82) is 0 Å². The molecule has 0 unspecified atom stereocenters. The van der Waals surface area contributed by atoms with Crippen LogP contribution in [-0.4, -0.2) is 62.6 Å². The van der Waals surface area contributed by atoms with Crippen molar-refractivity contribution in [3.8, 4) is 0 Å². The topological polar surface area (TPSA) is 74.6 Å². The largest absolute Gasteiger partial charge is 0.416 e. The standard InChI is InChI=1S/C36H41F3N6O2/c1-6-31(46)44-19-34(20-44)7-8-43(18-34)16-24-9-28-29(30(10-24)36(37,38)39)17-45(32(28)47)27-12-25(22(2)3)11-26(13-27)35(14-23(4)15-35)33-41-40-21-42(33)5/h6,9-13,21-23H,1,7-8,14-20H2,2-5H3. The van der Waals surface area contributed by atoms with Gasteiger partial charge in [0.15, 0.2) is 0 Å². The molecule has 11 heteroatoms. The number of benzene rings is 2. The number of rotatable bonds is 7. The Balaban J connectivity index is 1.20. The second kappa shape index (κ2) is 11.0. The zero-order chi connectivity index (χ0) is 33.5. The number of carbonyl (C=O) groups is 2. The molecule has 8 nitrogen and oxygen atoms in total. The molecule has 2 aromatic carbocycles. The third-order valence-corrected chi connectivity index (χ3v) is 10.9. The van der Waals surface area contributed by atoms with Gasteiger partial charge in [0.2, 0.25) is 5.91 Å². The van der Waals surface area contributed by atoms with Gasteiger partial charge < -0.3 is 14.4 Å². The van der Waals surface area contributed by atoms with E-state index >= 15 is 0 Å². The van der Waals surface area contributed by atoms with Gasteiger partial charge in [0.25, 0.3) is 5.91 Å². The number of halogens is 3. The van der Waals surface area contributed by atoms with E-state index in [0.29, 0.717) is 43.3 Å². The van der Waals surface area contributed by atoms with E-state index in [1.54, 1.807) is 17.3 Å². The van der Waals surface area contributed by atoms with Crippen LogP contribution in [0.3, 0.4) is 0 Å². The van der Waals surface area contributed by atoms with Gasteiger partial charge in [-0.15, -0.1) is 10.2 Å². The first-order valence-corrected chi connectivity index (χ1v) is 16.4. The first-order valence-electron chi connectivity index (χ1n) is 16.4. The Labute approximate surface area is 273 Å². The quantitative estimate of drug-likeness (QED) is 0.292. The van der Waals surface area contributed by atoms with Crippen LogP contribution >= 0.6 is 0 Å². The molecule has 0 N–H and O–H groups in total. The lowest BCUT2D eigenvalue weighted by atomic mass is 9.58. The average Bonchev–Trinajstić information content (AvgIpc) is 3.70. The minimum absolute atomic E-state index is 0.0264. The molecule has 4 heterocycles. The lowest BCUT2D eigenvalue weighted by Crippen LogP contribution is -2.59. The van der Waals surface area contributed by atoms with Crippen LogP contribution < -0.4 is 4.90 Å². The summed E-state index contributed by atoms with van der Waals surface area (Å²) in [5, 5.41) is 8.62. The van der Waals surface area contributed by atoms with Crippen LogP contribution in [0.1, 0.15) is 90.0 Å². The molecule has 1 spiro atoms. The fourth-order valence-corrected chi connectivity index (χ4v) is 8.54. The summed E-state index contributed by atoms with van der Waals surface area (Å²) in [6.07, 6.45) is 1.02. The maximum atomic E-state index is 14.6. The molecule has 3 aliphatic heterocycles. The molecule has 248 valence electrons. The minimum atomic E-state index is -4.61. The Kier molecular flexibility index (Phi) is 7.42. The summed E-state index contributed by atoms with van der Waals surface area (Å²) >= 11 is 0. The molecule has 3 fully saturated rings. The highest BCUT2D eigenvalue weighted by molar-refractivity contribution is 6.10. The van der Waals surface area contributed by atoms with E-state index in [9.17, 15) is 22.8 Å². The van der Waals surface area contributed by atoms with Crippen LogP contribution in [0.5, 0.6) is 0 Å². The number of aryl methyl sites for hydroxylation is 1. The van der Waals surface area contributed by atoms with Crippen molar-refractivity contribution in [3.05, 3.63) is 88.5 Å². The summed E-state index contributed by atoms with van der Waals surface area (Å²) in [7, 11) is 1.93. The molecular formula is C36H41F3N6O2. The number of nitrogens with zero attached hydrogens (tertiary/aromatic N) is 6. The number of hydrogen-bond acceptors (Lipinski definition) is 5. The third kappa shape index (κ3) is 5.27. The second-order valence-electron chi connectivity index (χ2n) is 14.7. The molecule has 7 rings (SSSR count). The van der Waals surface area contributed by atoms with Crippen LogP contribution in [0.4, 0.5) is 18.9 Å². The molecule has 2 saturated heterocycles. The van der Waals surface area contributed by atoms with E-state index in [0.717, 1.165) is 42.8 Å². The maximum Gasteiger partial charge on any atom is 0.416 e. The van der Waals surface area contributed by atoms with Crippen LogP contribution in [-0.2, 0) is 36.5 Å². The van der Waals surface area contributed by atoms with Gasteiger partial charge in [-0.1, -0.05) is 33.4 Å². The number of fused-ring (bicyclic) bond motifs is 1. The van der Waals surface area contributed by atoms with E-state index < -0.39 is 17.6 Å². The number of anilines is 1. The van der Waals surface area contributed by atoms with Crippen molar-refractivity contribution in [1.82, 2.24) is 24.6 Å². The normalized spacial score (nSPS) is 23.7. The summed E-state index contributed by atoms with van der Waals surface area (Å²) in [5.41, 5.74) is 2.10. The number of likely N-dealkylation sites (tertiary alicyclic amines) is 2. The van der Waals surface area contributed by atoms with Crippen molar-refractivity contribution in [2.75, 3.05) is 31.1 Å². The van der Waals surface area contributed by atoms with Gasteiger partial charge in [0, 0.05) is 49.9 Å². The van der Waals surface area contributed by atoms with Crippen molar-refractivity contribution in [2.45, 2.75) is 70.6 Å². The van der Waals surface area contributed by atoms with Gasteiger partial charge in [-0.3, -0.25) is 14.5 Å². The van der Waals surface area contributed by atoms with Gasteiger partial charge in [-0.25, -0.2) is 0 Å². The summed E-state index contributed by atoms with van der Waals surface area (Å²) in [4.78, 5) is 31.5. The Bertz CT molecular complexity index is 1770. The molecule has 4 aliphatic rings. The predicted octanol–water partition coefficient (Wildman–Crippen LogP) is 6.05. The van der Waals surface area contributed by atoms with Crippen LogP contribution in [0.15, 0.2) is 49.3 Å². The van der Waals surface area contributed by atoms with E-state index in [-0.39, 0.29) is 40.3 Å². The smallest absolute Gasteiger partial charge is 0.338 e. The third-order valence-electron chi connectivity index (χ3n) is 10.9. The lowest BCUT2D eigenvalue weighted by Gasteiger charge is -2.47. The monoisotopic (exact) mass is 646 g/mol. The zero-order valence-corrected chi connectivity index (χ0v) is 27.4. The molecule has 2 amide bonds. The van der Waals surface area contributed by atoms with Crippen molar-refractivity contribution < 1.29 is 22.8 Å². The summed E-state index contributed by atoms with van der Waals surface area (Å²) in [6.45, 7) is 12.8. The highest BCUT2D eigenvalue weighted by Crippen LogP contribution is 2.53. The lowest BCUT2D eigenvalue weighted by molar-refractivity contribution is -0.138. The molecule has 0 bridgehead atoms. The number of carbonyl (C=O) groups excluding carboxylic acids is 2. The summed E-state index contributed by atoms with van der Waals surface area (Å²) in [5.74, 6) is 0.966. The second-order valence-corrected chi connectivity index (χ2v) is 14.7. The summed E-state index contributed by atoms with van der Waals surface area (Å²) < 4.78 is 45.7. The first-order chi connectivity index (χ1) is 22.2. The highest BCUT2D eigenvalue weighted by atomic mass is 19.4. The number of aromatic nitrogens is 3. The SMILES string of the molecule is C=CC(=O)N1CC2(CCN(Cc3cc4c(c(C(F)(F)F)c3)CN(c3cc(C(C)C)cc(C5(c6nncn6C)CC(C)C5)c3)C4=O)C2)C1. The summed E-state index contributed by atoms with van der Waals surface area (Å²) in [6, 6.07) is 8.98. The van der Waals surface area contributed by atoms with Crippen LogP contribution in [0.2, 0.25) is 0 Å². The fraction of sp³-hybridized carbons (Fsp3) is 0.500. The molecule has 0 radical (unpaired) electrons. The Hall–Kier alpha value is -3.99. The van der Waals surface area contributed by atoms with Gasteiger partial charge >= 0.3 is 6.18 Å². The average molecular weight is 647 g/mol. The van der Waals surface area contributed by atoms with Crippen molar-refractivity contribution >= 4 is 17.5 Å². The van der Waals surface area contributed by atoms with Crippen LogP contribution in [0, 0.1) is 11.3 Å².